The lowest BCUT2D eigenvalue weighted by Gasteiger charge is -2.31. The van der Waals surface area contributed by atoms with Crippen molar-refractivity contribution in [1.29, 1.82) is 0 Å². The lowest BCUT2D eigenvalue weighted by molar-refractivity contribution is -0.130. The minimum Gasteiger partial charge on any atom is -0.445 e. The van der Waals surface area contributed by atoms with Crippen LogP contribution in [-0.4, -0.2) is 23.6 Å². The van der Waals surface area contributed by atoms with E-state index in [2.05, 4.69) is 0 Å². The lowest BCUT2D eigenvalue weighted by atomic mass is 9.76. The number of aliphatic hydroxyl groups is 1. The first kappa shape index (κ1) is 10.6. The molecule has 74 valence electrons. The zero-order valence-electron chi connectivity index (χ0n) is 7.93. The zero-order valence-corrected chi connectivity index (χ0v) is 7.93. The SMILES string of the molecule is C#COCC1(C(C)=O)C=CC=CC1O. The van der Waals surface area contributed by atoms with Gasteiger partial charge in [0.05, 0.1) is 6.10 Å². The highest BCUT2D eigenvalue weighted by Gasteiger charge is 2.41. The highest BCUT2D eigenvalue weighted by molar-refractivity contribution is 5.86. The molecule has 14 heavy (non-hydrogen) atoms. The van der Waals surface area contributed by atoms with Gasteiger partial charge < -0.3 is 9.84 Å². The maximum absolute atomic E-state index is 11.4. The number of hydrogen-bond donors (Lipinski definition) is 1. The van der Waals surface area contributed by atoms with Crippen LogP contribution in [0, 0.1) is 17.9 Å². The summed E-state index contributed by atoms with van der Waals surface area (Å²) >= 11 is 0. The second-order valence-corrected chi connectivity index (χ2v) is 3.19. The molecule has 3 nitrogen and oxygen atoms in total. The predicted octanol–water partition coefficient (Wildman–Crippen LogP) is 0.656. The predicted molar refractivity (Wildman–Crippen MR) is 52.2 cm³/mol. The van der Waals surface area contributed by atoms with Gasteiger partial charge in [0, 0.05) is 0 Å². The Bertz CT molecular complexity index is 322. The van der Waals surface area contributed by atoms with Crippen LogP contribution in [0.15, 0.2) is 24.3 Å². The summed E-state index contributed by atoms with van der Waals surface area (Å²) < 4.78 is 4.77. The first-order valence-corrected chi connectivity index (χ1v) is 4.26. The Hall–Kier alpha value is -1.53. The van der Waals surface area contributed by atoms with E-state index in [-0.39, 0.29) is 12.4 Å². The van der Waals surface area contributed by atoms with Crippen LogP contribution in [0.4, 0.5) is 0 Å². The molecule has 0 saturated carbocycles. The Morgan fingerprint density at radius 2 is 2.43 bits per heavy atom. The highest BCUT2D eigenvalue weighted by Crippen LogP contribution is 2.29. The standard InChI is InChI=1S/C11H12O3/c1-3-14-8-11(9(2)12)7-5-4-6-10(11)13/h1,4-7,10,13H,8H2,2H3. The summed E-state index contributed by atoms with van der Waals surface area (Å²) in [5.74, 6) is -0.166. The summed E-state index contributed by atoms with van der Waals surface area (Å²) in [5.41, 5.74) is -1.03. The van der Waals surface area contributed by atoms with Gasteiger partial charge >= 0.3 is 0 Å². The summed E-state index contributed by atoms with van der Waals surface area (Å²) in [6.07, 6.45) is 12.6. The zero-order chi connectivity index (χ0) is 10.6. The normalized spacial score (nSPS) is 29.6. The topological polar surface area (TPSA) is 46.5 Å². The second-order valence-electron chi connectivity index (χ2n) is 3.19. The lowest BCUT2D eigenvalue weighted by Crippen LogP contribution is -2.43. The fourth-order valence-corrected chi connectivity index (χ4v) is 1.39. The van der Waals surface area contributed by atoms with Gasteiger partial charge in [0.2, 0.25) is 0 Å². The molecule has 0 radical (unpaired) electrons. The number of Topliss-reactive ketones (excluding diaryl/α,β-unsaturated/α-hetero) is 1. The van der Waals surface area contributed by atoms with Crippen molar-refractivity contribution in [2.24, 2.45) is 5.41 Å². The average molecular weight is 192 g/mol. The van der Waals surface area contributed by atoms with E-state index in [0.29, 0.717) is 0 Å². The largest absolute Gasteiger partial charge is 0.445 e. The van der Waals surface area contributed by atoms with Gasteiger partial charge in [-0.25, -0.2) is 0 Å². The van der Waals surface area contributed by atoms with E-state index in [1.165, 1.54) is 6.92 Å². The van der Waals surface area contributed by atoms with Crippen LogP contribution in [0.1, 0.15) is 6.92 Å². The van der Waals surface area contributed by atoms with Crippen LogP contribution >= 0.6 is 0 Å². The molecule has 2 atom stereocenters. The van der Waals surface area contributed by atoms with Gasteiger partial charge in [0.15, 0.2) is 0 Å². The molecule has 0 spiro atoms. The Balaban J connectivity index is 2.93. The number of hydrogen-bond acceptors (Lipinski definition) is 3. The molecule has 0 saturated heterocycles. The van der Waals surface area contributed by atoms with Crippen LogP contribution in [0.25, 0.3) is 0 Å². The smallest absolute Gasteiger partial charge is 0.146 e. The van der Waals surface area contributed by atoms with E-state index >= 15 is 0 Å². The monoisotopic (exact) mass is 192 g/mol. The summed E-state index contributed by atoms with van der Waals surface area (Å²) in [7, 11) is 0. The van der Waals surface area contributed by atoms with E-state index in [1.54, 1.807) is 24.3 Å². The molecule has 1 aliphatic rings. The number of allylic oxidation sites excluding steroid dienone is 2. The highest BCUT2D eigenvalue weighted by atomic mass is 16.5. The third-order valence-corrected chi connectivity index (χ3v) is 2.38. The Morgan fingerprint density at radius 3 is 2.93 bits per heavy atom. The van der Waals surface area contributed by atoms with Crippen molar-refractivity contribution in [2.45, 2.75) is 13.0 Å². The number of ketones is 1. The molecule has 0 aromatic rings. The third-order valence-electron chi connectivity index (χ3n) is 2.38. The quantitative estimate of drug-likeness (QED) is 0.668. The molecule has 0 aliphatic heterocycles. The molecule has 0 fully saturated rings. The molecule has 0 heterocycles. The molecule has 0 aromatic carbocycles. The van der Waals surface area contributed by atoms with E-state index < -0.39 is 11.5 Å². The molecule has 1 N–H and O–H groups in total. The number of ether oxygens (including phenoxy) is 1. The van der Waals surface area contributed by atoms with Gasteiger partial charge in [-0.3, -0.25) is 4.79 Å². The van der Waals surface area contributed by atoms with E-state index in [9.17, 15) is 9.90 Å². The van der Waals surface area contributed by atoms with Crippen molar-refractivity contribution in [3.8, 4) is 12.5 Å². The number of rotatable bonds is 3. The van der Waals surface area contributed by atoms with Crippen LogP contribution in [0.3, 0.4) is 0 Å². The average Bonchev–Trinajstić information content (AvgIpc) is 2.16. The van der Waals surface area contributed by atoms with Crippen molar-refractivity contribution >= 4 is 5.78 Å². The molecule has 0 amide bonds. The Kier molecular flexibility index (Phi) is 3.10. The number of carbonyl (C=O) groups excluding carboxylic acids is 1. The number of terminal acetylenes is 1. The summed E-state index contributed by atoms with van der Waals surface area (Å²) in [6, 6.07) is 0. The van der Waals surface area contributed by atoms with Crippen molar-refractivity contribution in [3.63, 3.8) is 0 Å². The molecule has 2 unspecified atom stereocenters. The number of carbonyl (C=O) groups is 1. The Morgan fingerprint density at radius 1 is 1.71 bits per heavy atom. The number of aliphatic hydroxyl groups excluding tert-OH is 1. The van der Waals surface area contributed by atoms with Gasteiger partial charge in [-0.15, -0.1) is 0 Å². The first-order chi connectivity index (χ1) is 6.63. The molecular weight excluding hydrogens is 180 g/mol. The van der Waals surface area contributed by atoms with Crippen LogP contribution in [0.5, 0.6) is 0 Å². The van der Waals surface area contributed by atoms with E-state index in [4.69, 9.17) is 11.2 Å². The maximum atomic E-state index is 11.4. The van der Waals surface area contributed by atoms with E-state index in [1.807, 2.05) is 6.11 Å². The fourth-order valence-electron chi connectivity index (χ4n) is 1.39. The molecule has 1 aliphatic carbocycles. The van der Waals surface area contributed by atoms with Gasteiger partial charge in [-0.05, 0) is 6.92 Å². The van der Waals surface area contributed by atoms with Crippen LogP contribution in [-0.2, 0) is 9.53 Å². The van der Waals surface area contributed by atoms with Gasteiger partial charge in [-0.1, -0.05) is 30.7 Å². The fraction of sp³-hybridized carbons (Fsp3) is 0.364. The molecule has 0 aromatic heterocycles. The van der Waals surface area contributed by atoms with Crippen molar-refractivity contribution in [3.05, 3.63) is 24.3 Å². The molecule has 3 heteroatoms. The van der Waals surface area contributed by atoms with Crippen molar-refractivity contribution in [1.82, 2.24) is 0 Å². The van der Waals surface area contributed by atoms with Gasteiger partial charge in [0.25, 0.3) is 0 Å². The van der Waals surface area contributed by atoms with Crippen LogP contribution < -0.4 is 0 Å². The van der Waals surface area contributed by atoms with Crippen molar-refractivity contribution < 1.29 is 14.6 Å². The van der Waals surface area contributed by atoms with Crippen molar-refractivity contribution in [2.75, 3.05) is 6.61 Å². The van der Waals surface area contributed by atoms with Gasteiger partial charge in [0.1, 0.15) is 23.9 Å². The summed E-state index contributed by atoms with van der Waals surface area (Å²) in [6.45, 7) is 1.41. The summed E-state index contributed by atoms with van der Waals surface area (Å²) in [5, 5.41) is 9.71. The summed E-state index contributed by atoms with van der Waals surface area (Å²) in [4.78, 5) is 11.4. The molecule has 0 bridgehead atoms. The Labute approximate surface area is 83.1 Å². The molecule has 1 rings (SSSR count). The minimum atomic E-state index is -1.03. The van der Waals surface area contributed by atoms with E-state index in [0.717, 1.165) is 0 Å². The second kappa shape index (κ2) is 4.12. The van der Waals surface area contributed by atoms with Gasteiger partial charge in [-0.2, -0.15) is 0 Å². The minimum absolute atomic E-state index is 0.000833. The maximum Gasteiger partial charge on any atom is 0.146 e. The molecular formula is C11H12O3. The third kappa shape index (κ3) is 1.70. The van der Waals surface area contributed by atoms with Crippen LogP contribution in [0.2, 0.25) is 0 Å². The first-order valence-electron chi connectivity index (χ1n) is 4.26.